The number of ketones is 1. The molecule has 5 rings (SSSR count). The summed E-state index contributed by atoms with van der Waals surface area (Å²) in [5, 5.41) is 31.8. The van der Waals surface area contributed by atoms with Gasteiger partial charge in [-0.1, -0.05) is 59.6 Å². The number of carbonyl (C=O) groups is 2. The van der Waals surface area contributed by atoms with Gasteiger partial charge in [0, 0.05) is 23.6 Å². The van der Waals surface area contributed by atoms with Gasteiger partial charge in [0.1, 0.15) is 0 Å². The second-order valence-electron chi connectivity index (χ2n) is 14.4. The van der Waals surface area contributed by atoms with Gasteiger partial charge in [0.05, 0.1) is 63.6 Å². The number of benzene rings is 4. The van der Waals surface area contributed by atoms with Gasteiger partial charge in [0.2, 0.25) is 29.1 Å². The number of aromatic nitrogens is 2. The highest BCUT2D eigenvalue weighted by Crippen LogP contribution is 2.35. The Bertz CT molecular complexity index is 2720. The minimum absolute atomic E-state index is 0.0977. The molecule has 4 aromatic carbocycles. The maximum Gasteiger partial charge on any atom is 0.247 e. The van der Waals surface area contributed by atoms with E-state index < -0.39 is 55.4 Å². The summed E-state index contributed by atoms with van der Waals surface area (Å²) in [6, 6.07) is 18.3. The lowest BCUT2D eigenvalue weighted by atomic mass is 9.91. The zero-order chi connectivity index (χ0) is 45.4. The van der Waals surface area contributed by atoms with Gasteiger partial charge >= 0.3 is 0 Å². The van der Waals surface area contributed by atoms with Gasteiger partial charge in [-0.3, -0.25) is 9.59 Å². The topological polar surface area (TPSA) is 203 Å². The van der Waals surface area contributed by atoms with Crippen LogP contribution in [0.2, 0.25) is 10.0 Å². The third kappa shape index (κ3) is 12.3. The number of hydrogen-bond donors (Lipinski definition) is 3. The standard InChI is InChI=1S/C22H23ClN2O5S.C21H20ClN3O4S/c1-13-16(7-10-19(24-3)21(13)23)11-18(14(2)26)22(28)25-12-20(27)15-5-8-17(9-6-15)31(4,29)30;1-12-15(7-10-18(23-3)19(12)22)11-17(13(2)26)21-25-24-20(29-21)14-5-8-16(9-6-14)30(4,27)28/h5-10,14,18,26H,11-12H2,1-2,4H3,(H,25,28);5-10,13,17,26H,11H2,1-2,4H3/t14-,18+;13-,17+/m00/s1. The molecule has 0 saturated carbocycles. The fraction of sp³-hybridized carbons (Fsp3) is 0.302. The molecular weight excluding hydrogens is 866 g/mol. The van der Waals surface area contributed by atoms with Crippen LogP contribution < -0.4 is 5.32 Å². The van der Waals surface area contributed by atoms with E-state index in [1.54, 1.807) is 44.2 Å². The molecule has 0 unspecified atom stereocenters. The van der Waals surface area contributed by atoms with Crippen molar-refractivity contribution >= 4 is 65.9 Å². The number of hydrogen-bond acceptors (Lipinski definition) is 11. The average Bonchev–Trinajstić information content (AvgIpc) is 3.70. The Hall–Kier alpha value is -5.46. The Morgan fingerprint density at radius 1 is 0.738 bits per heavy atom. The second-order valence-corrected chi connectivity index (χ2v) is 19.2. The average molecular weight is 909 g/mol. The number of nitrogens with one attached hydrogen (secondary N) is 1. The third-order valence-electron chi connectivity index (χ3n) is 9.89. The highest BCUT2D eigenvalue weighted by Gasteiger charge is 2.27. The minimum atomic E-state index is -3.37. The lowest BCUT2D eigenvalue weighted by molar-refractivity contribution is -0.127. The number of sulfone groups is 2. The summed E-state index contributed by atoms with van der Waals surface area (Å²) in [6.45, 7) is 20.7. The first-order valence-corrected chi connectivity index (χ1v) is 23.0. The number of rotatable bonds is 14. The van der Waals surface area contributed by atoms with E-state index in [2.05, 4.69) is 25.2 Å². The van der Waals surface area contributed by atoms with Crippen molar-refractivity contribution in [3.05, 3.63) is 139 Å². The van der Waals surface area contributed by atoms with Crippen LogP contribution in [0.1, 0.15) is 58.3 Å². The highest BCUT2D eigenvalue weighted by molar-refractivity contribution is 7.91. The number of halogens is 2. The maximum absolute atomic E-state index is 12.6. The van der Waals surface area contributed by atoms with Crippen LogP contribution in [0.15, 0.2) is 87.0 Å². The zero-order valence-corrected chi connectivity index (χ0v) is 37.1. The van der Waals surface area contributed by atoms with Gasteiger partial charge in [0.25, 0.3) is 0 Å². The minimum Gasteiger partial charge on any atom is -0.420 e. The van der Waals surface area contributed by atoms with E-state index in [-0.39, 0.29) is 40.1 Å². The summed E-state index contributed by atoms with van der Waals surface area (Å²) in [6.07, 6.45) is 1.04. The van der Waals surface area contributed by atoms with Crippen molar-refractivity contribution in [1.29, 1.82) is 0 Å². The molecule has 1 heterocycles. The second kappa shape index (κ2) is 20.4. The summed E-state index contributed by atoms with van der Waals surface area (Å²) >= 11 is 12.5. The number of aliphatic hydroxyl groups excluding tert-OH is 2. The van der Waals surface area contributed by atoms with Crippen molar-refractivity contribution < 1.29 is 41.1 Å². The zero-order valence-electron chi connectivity index (χ0n) is 34.0. The maximum atomic E-state index is 12.6. The SMILES string of the molecule is [C-]#[N+]c1ccc(C[C@@H](C(=O)NCC(=O)c2ccc(S(C)(=O)=O)cc2)[C@H](C)O)c(C)c1Cl.[C-]#[N+]c1ccc(C[C@@H](c2nnc(-c3ccc(S(C)(=O)=O)cc3)o2)[C@H](C)O)c(C)c1Cl. The van der Waals surface area contributed by atoms with Crippen molar-refractivity contribution in [2.24, 2.45) is 5.92 Å². The molecule has 0 spiro atoms. The molecule has 0 fully saturated rings. The fourth-order valence-corrected chi connectivity index (χ4v) is 7.81. The molecule has 0 aliphatic carbocycles. The largest absolute Gasteiger partial charge is 0.420 e. The summed E-state index contributed by atoms with van der Waals surface area (Å²) in [5.74, 6) is -1.70. The first-order valence-electron chi connectivity index (χ1n) is 18.5. The van der Waals surface area contributed by atoms with Gasteiger partial charge in [0.15, 0.2) is 25.5 Å². The van der Waals surface area contributed by atoms with Crippen LogP contribution in [0, 0.1) is 32.9 Å². The number of carbonyl (C=O) groups excluding carboxylic acids is 2. The van der Waals surface area contributed by atoms with Crippen LogP contribution in [0.3, 0.4) is 0 Å². The molecule has 14 nitrogen and oxygen atoms in total. The van der Waals surface area contributed by atoms with Crippen LogP contribution in [-0.4, -0.2) is 80.2 Å². The normalized spacial score (nSPS) is 13.4. The molecule has 0 aliphatic rings. The Kier molecular flexibility index (Phi) is 16.1. The van der Waals surface area contributed by atoms with Gasteiger partial charge in [-0.25, -0.2) is 26.5 Å². The molecular formula is C43H43Cl2N5O9S2. The van der Waals surface area contributed by atoms with Gasteiger partial charge in [-0.15, -0.1) is 10.2 Å². The molecule has 5 aromatic rings. The van der Waals surface area contributed by atoms with Crippen LogP contribution in [0.25, 0.3) is 21.1 Å². The van der Waals surface area contributed by atoms with Crippen LogP contribution in [-0.2, 0) is 37.3 Å². The third-order valence-corrected chi connectivity index (χ3v) is 13.1. The van der Waals surface area contributed by atoms with Gasteiger partial charge in [-0.2, -0.15) is 0 Å². The number of Topliss-reactive ketones (excluding diaryl/α,β-unsaturated/α-hetero) is 1. The molecule has 0 aliphatic heterocycles. The molecule has 0 saturated heterocycles. The predicted molar refractivity (Wildman–Crippen MR) is 232 cm³/mol. The summed E-state index contributed by atoms with van der Waals surface area (Å²) in [7, 11) is -6.66. The van der Waals surface area contributed by atoms with Crippen LogP contribution >= 0.6 is 23.2 Å². The molecule has 0 bridgehead atoms. The Morgan fingerprint density at radius 3 is 1.66 bits per heavy atom. The number of aliphatic hydroxyl groups is 2. The quantitative estimate of drug-likeness (QED) is 0.0736. The molecule has 0 radical (unpaired) electrons. The van der Waals surface area contributed by atoms with E-state index in [4.69, 9.17) is 40.8 Å². The van der Waals surface area contributed by atoms with Crippen molar-refractivity contribution in [2.45, 2.75) is 68.5 Å². The smallest absolute Gasteiger partial charge is 0.247 e. The van der Waals surface area contributed by atoms with E-state index in [0.29, 0.717) is 39.0 Å². The first kappa shape index (κ1) is 48.2. The molecule has 3 N–H and O–H groups in total. The fourth-order valence-electron chi connectivity index (χ4n) is 6.09. The van der Waals surface area contributed by atoms with E-state index in [1.165, 1.54) is 43.3 Å². The van der Waals surface area contributed by atoms with Crippen molar-refractivity contribution in [2.75, 3.05) is 19.1 Å². The van der Waals surface area contributed by atoms with Gasteiger partial charge in [-0.05, 0) is 99.2 Å². The Labute approximate surface area is 365 Å². The van der Waals surface area contributed by atoms with Crippen molar-refractivity contribution in [1.82, 2.24) is 15.5 Å². The van der Waals surface area contributed by atoms with E-state index in [1.807, 2.05) is 13.0 Å². The molecule has 61 heavy (non-hydrogen) atoms. The summed E-state index contributed by atoms with van der Waals surface area (Å²) < 4.78 is 52.0. The van der Waals surface area contributed by atoms with E-state index in [0.717, 1.165) is 29.2 Å². The molecule has 1 aromatic heterocycles. The highest BCUT2D eigenvalue weighted by atomic mass is 35.5. The summed E-state index contributed by atoms with van der Waals surface area (Å²) in [4.78, 5) is 32.0. The summed E-state index contributed by atoms with van der Waals surface area (Å²) in [5.41, 5.74) is 4.56. The van der Waals surface area contributed by atoms with E-state index in [9.17, 15) is 36.6 Å². The molecule has 4 atom stereocenters. The Morgan fingerprint density at radius 2 is 1.21 bits per heavy atom. The molecule has 1 amide bonds. The molecule has 18 heteroatoms. The van der Waals surface area contributed by atoms with Crippen molar-refractivity contribution in [3.63, 3.8) is 0 Å². The van der Waals surface area contributed by atoms with Crippen LogP contribution in [0.5, 0.6) is 0 Å². The lowest BCUT2D eigenvalue weighted by Crippen LogP contribution is -2.40. The first-order chi connectivity index (χ1) is 28.6. The molecule has 320 valence electrons. The Balaban J connectivity index is 0.000000269. The lowest BCUT2D eigenvalue weighted by Gasteiger charge is -2.21. The van der Waals surface area contributed by atoms with Gasteiger partial charge < -0.3 is 19.9 Å². The predicted octanol–water partition coefficient (Wildman–Crippen LogP) is 7.50. The van der Waals surface area contributed by atoms with E-state index >= 15 is 0 Å². The number of nitrogens with zero attached hydrogens (tertiary/aromatic N) is 4. The monoisotopic (exact) mass is 907 g/mol. The van der Waals surface area contributed by atoms with Crippen molar-refractivity contribution in [3.8, 4) is 11.5 Å². The van der Waals surface area contributed by atoms with Crippen LogP contribution in [0.4, 0.5) is 11.4 Å². The number of amides is 1.